The summed E-state index contributed by atoms with van der Waals surface area (Å²) < 4.78 is 1.34. The highest BCUT2D eigenvalue weighted by Gasteiger charge is 2.13. The van der Waals surface area contributed by atoms with Crippen LogP contribution in [0.15, 0.2) is 58.3 Å². The fraction of sp³-hybridized carbons (Fsp3) is 0.0556. The van der Waals surface area contributed by atoms with E-state index in [0.717, 1.165) is 0 Å². The van der Waals surface area contributed by atoms with Crippen molar-refractivity contribution < 1.29 is 9.90 Å². The molecule has 1 heterocycles. The maximum atomic E-state index is 12.6. The van der Waals surface area contributed by atoms with Crippen molar-refractivity contribution in [2.45, 2.75) is 6.92 Å². The zero-order valence-corrected chi connectivity index (χ0v) is 14.0. The number of rotatable bonds is 4. The topological polar surface area (TPSA) is 87.5 Å². The minimum atomic E-state index is -1.08. The van der Waals surface area contributed by atoms with E-state index < -0.39 is 5.97 Å². The van der Waals surface area contributed by atoms with E-state index in [1.165, 1.54) is 17.0 Å². The molecule has 0 amide bonds. The van der Waals surface area contributed by atoms with Gasteiger partial charge in [0.1, 0.15) is 0 Å². The highest BCUT2D eigenvalue weighted by molar-refractivity contribution is 6.32. The highest BCUT2D eigenvalue weighted by atomic mass is 35.5. The SMILES string of the molecule is Cc1[nH]n(-c2ccccc2Cl)c(=O)c1C=Nc1ccccc1C(=O)O. The van der Waals surface area contributed by atoms with E-state index in [0.29, 0.717) is 22.0 Å². The van der Waals surface area contributed by atoms with Crippen LogP contribution in [-0.4, -0.2) is 27.1 Å². The zero-order valence-electron chi connectivity index (χ0n) is 13.2. The largest absolute Gasteiger partial charge is 0.478 e. The molecule has 0 aliphatic rings. The number of halogens is 1. The van der Waals surface area contributed by atoms with Gasteiger partial charge >= 0.3 is 5.97 Å². The summed E-state index contributed by atoms with van der Waals surface area (Å²) in [6.45, 7) is 1.74. The summed E-state index contributed by atoms with van der Waals surface area (Å²) in [4.78, 5) is 28.1. The Balaban J connectivity index is 2.05. The first-order valence-electron chi connectivity index (χ1n) is 7.42. The minimum Gasteiger partial charge on any atom is -0.478 e. The highest BCUT2D eigenvalue weighted by Crippen LogP contribution is 2.20. The number of carboxylic acid groups (broad SMARTS) is 1. The Bertz CT molecular complexity index is 1030. The molecule has 3 rings (SSSR count). The predicted octanol–water partition coefficient (Wildman–Crippen LogP) is 3.58. The third-order valence-corrected chi connectivity index (χ3v) is 4.00. The first-order valence-corrected chi connectivity index (χ1v) is 7.79. The van der Waals surface area contributed by atoms with Crippen LogP contribution in [0, 0.1) is 6.92 Å². The van der Waals surface area contributed by atoms with Gasteiger partial charge < -0.3 is 5.11 Å². The Morgan fingerprint density at radius 1 is 1.20 bits per heavy atom. The number of carbonyl (C=O) groups is 1. The number of aromatic amines is 1. The first kappa shape index (κ1) is 16.7. The number of aliphatic imine (C=N–C) groups is 1. The molecule has 0 fully saturated rings. The molecule has 126 valence electrons. The van der Waals surface area contributed by atoms with E-state index in [1.807, 2.05) is 0 Å². The summed E-state index contributed by atoms with van der Waals surface area (Å²) in [5.41, 5.74) is 1.49. The molecule has 0 spiro atoms. The van der Waals surface area contributed by atoms with Gasteiger partial charge in [0, 0.05) is 11.9 Å². The van der Waals surface area contributed by atoms with Gasteiger partial charge in [0.2, 0.25) is 0 Å². The number of hydrogen-bond acceptors (Lipinski definition) is 3. The van der Waals surface area contributed by atoms with Crippen molar-refractivity contribution in [1.29, 1.82) is 0 Å². The molecule has 0 aliphatic carbocycles. The van der Waals surface area contributed by atoms with Crippen LogP contribution in [0.2, 0.25) is 5.02 Å². The second-order valence-electron chi connectivity index (χ2n) is 5.32. The molecule has 0 bridgehead atoms. The zero-order chi connectivity index (χ0) is 18.0. The lowest BCUT2D eigenvalue weighted by Gasteiger charge is -2.03. The Morgan fingerprint density at radius 3 is 2.60 bits per heavy atom. The summed E-state index contributed by atoms with van der Waals surface area (Å²) in [7, 11) is 0. The monoisotopic (exact) mass is 355 g/mol. The normalized spacial score (nSPS) is 11.1. The number of aromatic carboxylic acids is 1. The fourth-order valence-corrected chi connectivity index (χ4v) is 2.64. The van der Waals surface area contributed by atoms with Gasteiger partial charge in [-0.1, -0.05) is 35.9 Å². The third kappa shape index (κ3) is 3.25. The summed E-state index contributed by atoms with van der Waals surface area (Å²) in [6.07, 6.45) is 1.36. The van der Waals surface area contributed by atoms with Gasteiger partial charge in [0.15, 0.2) is 0 Å². The van der Waals surface area contributed by atoms with E-state index >= 15 is 0 Å². The van der Waals surface area contributed by atoms with Crippen LogP contribution in [0.4, 0.5) is 5.69 Å². The van der Waals surface area contributed by atoms with Gasteiger partial charge in [-0.25, -0.2) is 9.48 Å². The number of nitrogens with one attached hydrogen (secondary N) is 1. The molecule has 2 N–H and O–H groups in total. The van der Waals surface area contributed by atoms with Gasteiger partial charge in [-0.15, -0.1) is 0 Å². The van der Waals surface area contributed by atoms with Gasteiger partial charge in [0.25, 0.3) is 5.56 Å². The Kier molecular flexibility index (Phi) is 4.54. The number of carboxylic acids is 1. The van der Waals surface area contributed by atoms with E-state index in [1.54, 1.807) is 49.4 Å². The average Bonchev–Trinajstić information content (AvgIpc) is 2.88. The summed E-state index contributed by atoms with van der Waals surface area (Å²) in [5.74, 6) is -1.08. The molecule has 1 aromatic heterocycles. The van der Waals surface area contributed by atoms with Gasteiger partial charge in [-0.2, -0.15) is 0 Å². The molecular formula is C18H14ClN3O3. The van der Waals surface area contributed by atoms with Crippen molar-refractivity contribution in [3.63, 3.8) is 0 Å². The van der Waals surface area contributed by atoms with Crippen molar-refractivity contribution in [3.8, 4) is 5.69 Å². The molecule has 0 unspecified atom stereocenters. The van der Waals surface area contributed by atoms with E-state index in [4.69, 9.17) is 11.6 Å². The number of nitrogens with zero attached hydrogens (tertiary/aromatic N) is 2. The summed E-state index contributed by atoms with van der Waals surface area (Å²) >= 11 is 6.14. The van der Waals surface area contributed by atoms with Crippen molar-refractivity contribution in [2.75, 3.05) is 0 Å². The molecule has 0 aliphatic heterocycles. The van der Waals surface area contributed by atoms with Gasteiger partial charge in [-0.05, 0) is 31.2 Å². The lowest BCUT2D eigenvalue weighted by atomic mass is 10.2. The van der Waals surface area contributed by atoms with Crippen LogP contribution in [-0.2, 0) is 0 Å². The molecular weight excluding hydrogens is 342 g/mol. The number of benzene rings is 2. The van der Waals surface area contributed by atoms with Crippen LogP contribution in [0.3, 0.4) is 0 Å². The molecule has 7 heteroatoms. The average molecular weight is 356 g/mol. The third-order valence-electron chi connectivity index (χ3n) is 3.68. The standard InChI is InChI=1S/C18H14ClN3O3/c1-11-13(10-20-15-8-4-2-6-12(15)18(24)25)17(23)22(21-11)16-9-5-3-7-14(16)19/h2-10,21H,1H3,(H,24,25). The van der Waals surface area contributed by atoms with E-state index in [2.05, 4.69) is 10.1 Å². The molecule has 25 heavy (non-hydrogen) atoms. The van der Waals surface area contributed by atoms with E-state index in [9.17, 15) is 14.7 Å². The van der Waals surface area contributed by atoms with Crippen LogP contribution < -0.4 is 5.56 Å². The van der Waals surface area contributed by atoms with Crippen molar-refractivity contribution >= 4 is 29.5 Å². The molecule has 0 atom stereocenters. The smallest absolute Gasteiger partial charge is 0.337 e. The molecule has 3 aromatic rings. The summed E-state index contributed by atoms with van der Waals surface area (Å²) in [5, 5.41) is 12.6. The predicted molar refractivity (Wildman–Crippen MR) is 96.8 cm³/mol. The number of H-pyrrole nitrogens is 1. The van der Waals surface area contributed by atoms with Crippen molar-refractivity contribution in [1.82, 2.24) is 9.78 Å². The van der Waals surface area contributed by atoms with Gasteiger partial charge in [-0.3, -0.25) is 14.9 Å². The molecule has 2 aromatic carbocycles. The fourth-order valence-electron chi connectivity index (χ4n) is 2.42. The number of aryl methyl sites for hydroxylation is 1. The number of aromatic nitrogens is 2. The Morgan fingerprint density at radius 2 is 1.88 bits per heavy atom. The van der Waals surface area contributed by atoms with Crippen LogP contribution >= 0.6 is 11.6 Å². The molecule has 6 nitrogen and oxygen atoms in total. The molecule has 0 saturated carbocycles. The minimum absolute atomic E-state index is 0.0679. The first-order chi connectivity index (χ1) is 12.0. The maximum absolute atomic E-state index is 12.6. The molecule has 0 saturated heterocycles. The number of hydrogen-bond donors (Lipinski definition) is 2. The maximum Gasteiger partial charge on any atom is 0.337 e. The lowest BCUT2D eigenvalue weighted by molar-refractivity contribution is 0.0698. The van der Waals surface area contributed by atoms with Crippen molar-refractivity contribution in [2.24, 2.45) is 4.99 Å². The van der Waals surface area contributed by atoms with Crippen LogP contribution in [0.1, 0.15) is 21.6 Å². The molecule has 0 radical (unpaired) electrons. The van der Waals surface area contributed by atoms with Crippen LogP contribution in [0.25, 0.3) is 5.69 Å². The van der Waals surface area contributed by atoms with Crippen LogP contribution in [0.5, 0.6) is 0 Å². The Labute approximate surface area is 148 Å². The Hall–Kier alpha value is -3.12. The second-order valence-corrected chi connectivity index (χ2v) is 5.73. The van der Waals surface area contributed by atoms with Gasteiger partial charge in [0.05, 0.1) is 27.5 Å². The quantitative estimate of drug-likeness (QED) is 0.701. The van der Waals surface area contributed by atoms with E-state index in [-0.39, 0.29) is 16.8 Å². The lowest BCUT2D eigenvalue weighted by Crippen LogP contribution is -2.17. The van der Waals surface area contributed by atoms with Crippen molar-refractivity contribution in [3.05, 3.63) is 80.7 Å². The number of para-hydroxylation sites is 2. The summed E-state index contributed by atoms with van der Waals surface area (Å²) in [6, 6.07) is 13.3. The second kappa shape index (κ2) is 6.78.